The molecule has 2 aliphatic heterocycles. The molecule has 0 bridgehead atoms. The SMILES string of the molecule is CC(=O)N(O)c1cccc(CCCN2CCN(C(=O)C3CSC(c4cccnc4)N3)CC2)c1. The standard InChI is InChI=1S/C24H31N5O3S/c1-18(30)29(32)21-8-2-5-19(15-21)6-4-10-27-11-13-28(14-12-27)24(31)22-17-33-23(26-22)20-7-3-9-25-16-20/h2-3,5,7-9,15-16,22-23,26,32H,4,6,10-14,17H2,1H3. The maximum Gasteiger partial charge on any atom is 0.247 e. The van der Waals surface area contributed by atoms with Gasteiger partial charge >= 0.3 is 0 Å². The van der Waals surface area contributed by atoms with E-state index in [0.717, 1.165) is 62.4 Å². The summed E-state index contributed by atoms with van der Waals surface area (Å²) in [5.41, 5.74) is 2.70. The van der Waals surface area contributed by atoms with Crippen LogP contribution in [0.3, 0.4) is 0 Å². The van der Waals surface area contributed by atoms with Crippen molar-refractivity contribution in [2.45, 2.75) is 31.2 Å². The number of thioether (sulfide) groups is 1. The van der Waals surface area contributed by atoms with Crippen LogP contribution in [0.15, 0.2) is 48.8 Å². The molecule has 2 unspecified atom stereocenters. The number of nitrogens with zero attached hydrogens (tertiary/aromatic N) is 4. The zero-order chi connectivity index (χ0) is 23.2. The van der Waals surface area contributed by atoms with Crippen LogP contribution in [0.5, 0.6) is 0 Å². The lowest BCUT2D eigenvalue weighted by Gasteiger charge is -2.36. The summed E-state index contributed by atoms with van der Waals surface area (Å²) in [6.45, 7) is 5.57. The molecule has 8 nitrogen and oxygen atoms in total. The summed E-state index contributed by atoms with van der Waals surface area (Å²) < 4.78 is 0. The first-order chi connectivity index (χ1) is 16.0. The highest BCUT2D eigenvalue weighted by molar-refractivity contribution is 7.99. The van der Waals surface area contributed by atoms with E-state index in [1.54, 1.807) is 24.0 Å². The van der Waals surface area contributed by atoms with E-state index in [9.17, 15) is 14.8 Å². The predicted molar refractivity (Wildman–Crippen MR) is 129 cm³/mol. The minimum absolute atomic E-state index is 0.126. The van der Waals surface area contributed by atoms with Crippen LogP contribution in [0, 0.1) is 0 Å². The Morgan fingerprint density at radius 1 is 1.21 bits per heavy atom. The first kappa shape index (κ1) is 23.7. The third kappa shape index (κ3) is 6.11. The van der Waals surface area contributed by atoms with Crippen molar-refractivity contribution < 1.29 is 14.8 Å². The molecule has 33 heavy (non-hydrogen) atoms. The van der Waals surface area contributed by atoms with Gasteiger partial charge in [0.25, 0.3) is 0 Å². The molecule has 176 valence electrons. The number of hydrogen-bond donors (Lipinski definition) is 2. The first-order valence-corrected chi connectivity index (χ1v) is 12.4. The van der Waals surface area contributed by atoms with Gasteiger partial charge in [0, 0.05) is 51.2 Å². The Labute approximate surface area is 198 Å². The number of nitrogens with one attached hydrogen (secondary N) is 1. The number of amides is 2. The summed E-state index contributed by atoms with van der Waals surface area (Å²) in [4.78, 5) is 32.9. The van der Waals surface area contributed by atoms with Gasteiger partial charge in [-0.25, -0.2) is 0 Å². The minimum Gasteiger partial charge on any atom is -0.339 e. The molecule has 9 heteroatoms. The highest BCUT2D eigenvalue weighted by Gasteiger charge is 2.34. The van der Waals surface area contributed by atoms with Gasteiger partial charge in [-0.1, -0.05) is 18.2 Å². The van der Waals surface area contributed by atoms with E-state index in [1.807, 2.05) is 41.4 Å². The predicted octanol–water partition coefficient (Wildman–Crippen LogP) is 2.30. The van der Waals surface area contributed by atoms with Gasteiger partial charge in [-0.2, -0.15) is 5.06 Å². The van der Waals surface area contributed by atoms with Gasteiger partial charge in [-0.15, -0.1) is 11.8 Å². The second-order valence-corrected chi connectivity index (χ2v) is 9.63. The number of hydroxylamine groups is 1. The Morgan fingerprint density at radius 3 is 2.76 bits per heavy atom. The van der Waals surface area contributed by atoms with Gasteiger partial charge in [0.15, 0.2) is 0 Å². The number of aryl methyl sites for hydroxylation is 1. The summed E-state index contributed by atoms with van der Waals surface area (Å²) in [7, 11) is 0. The lowest BCUT2D eigenvalue weighted by atomic mass is 10.1. The average Bonchev–Trinajstić information content (AvgIpc) is 3.35. The van der Waals surface area contributed by atoms with Crippen molar-refractivity contribution in [3.8, 4) is 0 Å². The average molecular weight is 470 g/mol. The Kier molecular flexibility index (Phi) is 7.97. The van der Waals surface area contributed by atoms with Gasteiger partial charge in [-0.05, 0) is 48.7 Å². The molecule has 3 heterocycles. The molecule has 2 fully saturated rings. The van der Waals surface area contributed by atoms with Crippen molar-refractivity contribution in [3.05, 3.63) is 59.9 Å². The Bertz CT molecular complexity index is 952. The molecule has 2 aliphatic rings. The molecular weight excluding hydrogens is 438 g/mol. The molecule has 4 rings (SSSR count). The number of hydrogen-bond acceptors (Lipinski definition) is 7. The van der Waals surface area contributed by atoms with Crippen molar-refractivity contribution in [3.63, 3.8) is 0 Å². The van der Waals surface area contributed by atoms with E-state index in [2.05, 4.69) is 15.2 Å². The highest BCUT2D eigenvalue weighted by Crippen LogP contribution is 2.32. The summed E-state index contributed by atoms with van der Waals surface area (Å²) >= 11 is 1.76. The van der Waals surface area contributed by atoms with Crippen molar-refractivity contribution in [1.29, 1.82) is 0 Å². The van der Waals surface area contributed by atoms with E-state index in [1.165, 1.54) is 6.92 Å². The molecule has 2 aromatic rings. The van der Waals surface area contributed by atoms with Crippen LogP contribution < -0.4 is 10.4 Å². The molecule has 1 aromatic carbocycles. The number of carbonyl (C=O) groups is 2. The molecular formula is C24H31N5O3S. The van der Waals surface area contributed by atoms with Gasteiger partial charge in [0.2, 0.25) is 11.8 Å². The Balaban J connectivity index is 1.19. The van der Waals surface area contributed by atoms with Crippen molar-refractivity contribution in [2.75, 3.05) is 43.5 Å². The van der Waals surface area contributed by atoms with Crippen LogP contribution >= 0.6 is 11.8 Å². The smallest absolute Gasteiger partial charge is 0.247 e. The zero-order valence-electron chi connectivity index (χ0n) is 18.9. The number of anilines is 1. The lowest BCUT2D eigenvalue weighted by Crippen LogP contribution is -2.53. The van der Waals surface area contributed by atoms with Crippen LogP contribution in [-0.4, -0.2) is 76.3 Å². The fraction of sp³-hybridized carbons (Fsp3) is 0.458. The number of aromatic nitrogens is 1. The normalized spacial score (nSPS) is 21.2. The topological polar surface area (TPSA) is 89.0 Å². The van der Waals surface area contributed by atoms with Gasteiger partial charge in [0.1, 0.15) is 0 Å². The second-order valence-electron chi connectivity index (χ2n) is 8.49. The van der Waals surface area contributed by atoms with E-state index in [0.29, 0.717) is 10.8 Å². The molecule has 0 aliphatic carbocycles. The minimum atomic E-state index is -0.404. The van der Waals surface area contributed by atoms with Crippen LogP contribution in [-0.2, 0) is 16.0 Å². The fourth-order valence-electron chi connectivity index (χ4n) is 4.28. The molecule has 0 radical (unpaired) electrons. The van der Waals surface area contributed by atoms with Gasteiger partial charge in [-0.3, -0.25) is 30.0 Å². The van der Waals surface area contributed by atoms with Crippen LogP contribution in [0.1, 0.15) is 29.8 Å². The van der Waals surface area contributed by atoms with Crippen molar-refractivity contribution in [1.82, 2.24) is 20.1 Å². The van der Waals surface area contributed by atoms with Crippen molar-refractivity contribution in [2.24, 2.45) is 0 Å². The fourth-order valence-corrected chi connectivity index (χ4v) is 5.50. The van der Waals surface area contributed by atoms with Crippen LogP contribution in [0.2, 0.25) is 0 Å². The first-order valence-electron chi connectivity index (χ1n) is 11.4. The number of pyridine rings is 1. The summed E-state index contributed by atoms with van der Waals surface area (Å²) in [5, 5.41) is 14.1. The monoisotopic (exact) mass is 469 g/mol. The summed E-state index contributed by atoms with van der Waals surface area (Å²) in [6, 6.07) is 11.3. The molecule has 0 spiro atoms. The summed E-state index contributed by atoms with van der Waals surface area (Å²) in [6.07, 6.45) is 5.48. The number of benzene rings is 1. The van der Waals surface area contributed by atoms with Gasteiger partial charge in [0.05, 0.1) is 17.1 Å². The Morgan fingerprint density at radius 2 is 2.03 bits per heavy atom. The third-order valence-electron chi connectivity index (χ3n) is 6.14. The molecule has 1 aromatic heterocycles. The largest absolute Gasteiger partial charge is 0.339 e. The number of carbonyl (C=O) groups excluding carboxylic acids is 2. The second kappa shape index (κ2) is 11.1. The molecule has 0 saturated carbocycles. The zero-order valence-corrected chi connectivity index (χ0v) is 19.7. The van der Waals surface area contributed by atoms with E-state index in [4.69, 9.17) is 0 Å². The maximum atomic E-state index is 13.0. The van der Waals surface area contributed by atoms with Crippen molar-refractivity contribution >= 4 is 29.3 Å². The van der Waals surface area contributed by atoms with Crippen LogP contribution in [0.4, 0.5) is 5.69 Å². The molecule has 2 amide bonds. The summed E-state index contributed by atoms with van der Waals surface area (Å²) in [5.74, 6) is 0.579. The lowest BCUT2D eigenvalue weighted by molar-refractivity contribution is -0.134. The molecule has 2 N–H and O–H groups in total. The van der Waals surface area contributed by atoms with E-state index < -0.39 is 5.91 Å². The molecule has 2 atom stereocenters. The van der Waals surface area contributed by atoms with Gasteiger partial charge < -0.3 is 4.90 Å². The number of rotatable bonds is 7. The molecule has 2 saturated heterocycles. The highest BCUT2D eigenvalue weighted by atomic mass is 32.2. The quantitative estimate of drug-likeness (QED) is 0.475. The third-order valence-corrected chi connectivity index (χ3v) is 7.41. The van der Waals surface area contributed by atoms with Crippen LogP contribution in [0.25, 0.3) is 0 Å². The Hall–Kier alpha value is -2.46. The maximum absolute atomic E-state index is 13.0. The number of piperazine rings is 1. The van der Waals surface area contributed by atoms with E-state index in [-0.39, 0.29) is 17.3 Å². The van der Waals surface area contributed by atoms with E-state index >= 15 is 0 Å².